The van der Waals surface area contributed by atoms with Crippen LogP contribution in [0.3, 0.4) is 0 Å². The number of unbranched alkanes of at least 4 members (excludes halogenated alkanes) is 32. The zero-order valence-corrected chi connectivity index (χ0v) is 37.0. The van der Waals surface area contributed by atoms with Crippen LogP contribution in [0.1, 0.15) is 251 Å². The highest BCUT2D eigenvalue weighted by Gasteiger charge is 2.22. The lowest BCUT2D eigenvalue weighted by atomic mass is 10.0. The van der Waals surface area contributed by atoms with Gasteiger partial charge in [0.1, 0.15) is 6.61 Å². The molecule has 0 heterocycles. The fourth-order valence-corrected chi connectivity index (χ4v) is 7.39. The van der Waals surface area contributed by atoms with Crippen molar-refractivity contribution in [3.8, 4) is 0 Å². The van der Waals surface area contributed by atoms with E-state index in [2.05, 4.69) is 30.5 Å². The van der Waals surface area contributed by atoms with Gasteiger partial charge in [0.15, 0.2) is 6.10 Å². The van der Waals surface area contributed by atoms with Crippen LogP contribution in [0.25, 0.3) is 0 Å². The number of rotatable bonds is 44. The van der Waals surface area contributed by atoms with E-state index >= 15 is 0 Å². The molecule has 0 spiro atoms. The van der Waals surface area contributed by atoms with Gasteiger partial charge < -0.3 is 19.3 Å². The third-order valence-corrected chi connectivity index (χ3v) is 11.0. The molecule has 326 valence electrons. The molecule has 0 radical (unpaired) electrons. The van der Waals surface area contributed by atoms with Crippen LogP contribution in [0.4, 0.5) is 0 Å². The molecular formula is C46H89O8P. The Kier molecular flexibility index (Phi) is 41.5. The lowest BCUT2D eigenvalue weighted by Crippen LogP contribution is -2.29. The van der Waals surface area contributed by atoms with Crippen molar-refractivity contribution in [3.05, 3.63) is 12.2 Å². The molecule has 0 saturated heterocycles. The molecule has 0 aromatic rings. The number of carbonyl (C=O) groups excluding carboxylic acids is 2. The fourth-order valence-electron chi connectivity index (χ4n) is 7.03. The van der Waals surface area contributed by atoms with E-state index in [1.54, 1.807) is 0 Å². The van der Waals surface area contributed by atoms with Gasteiger partial charge in [0.2, 0.25) is 0 Å². The lowest BCUT2D eigenvalue weighted by Gasteiger charge is -2.18. The fraction of sp³-hybridized carbons (Fsp3) is 0.913. The Morgan fingerprint density at radius 3 is 1.16 bits per heavy atom. The molecule has 0 aromatic heterocycles. The highest BCUT2D eigenvalue weighted by Crippen LogP contribution is 2.36. The van der Waals surface area contributed by atoms with Crippen molar-refractivity contribution in [3.63, 3.8) is 0 Å². The molecule has 0 amide bonds. The quantitative estimate of drug-likeness (QED) is 0.0271. The Morgan fingerprint density at radius 1 is 0.455 bits per heavy atom. The summed E-state index contributed by atoms with van der Waals surface area (Å²) in [6.07, 6.45) is 48.1. The number of allylic oxidation sites excluding steroid dienone is 2. The van der Waals surface area contributed by atoms with Gasteiger partial charge in [-0.15, -0.1) is 0 Å². The maximum absolute atomic E-state index is 12.4. The summed E-state index contributed by atoms with van der Waals surface area (Å²) in [4.78, 5) is 42.9. The summed E-state index contributed by atoms with van der Waals surface area (Å²) < 4.78 is 26.4. The molecule has 1 atom stereocenters. The van der Waals surface area contributed by atoms with Gasteiger partial charge in [-0.3, -0.25) is 14.1 Å². The van der Waals surface area contributed by atoms with Crippen LogP contribution >= 0.6 is 7.82 Å². The number of phosphoric ester groups is 1. The summed E-state index contributed by atoms with van der Waals surface area (Å²) in [6, 6.07) is 0. The van der Waals surface area contributed by atoms with Crippen molar-refractivity contribution in [1.29, 1.82) is 0 Å². The summed E-state index contributed by atoms with van der Waals surface area (Å²) >= 11 is 0. The first-order valence-corrected chi connectivity index (χ1v) is 25.0. The highest BCUT2D eigenvalue weighted by atomic mass is 31.2. The third kappa shape index (κ3) is 45.4. The Hall–Kier alpha value is -1.21. The van der Waals surface area contributed by atoms with E-state index in [1.807, 2.05) is 0 Å². The molecule has 0 aliphatic heterocycles. The molecule has 0 aromatic carbocycles. The smallest absolute Gasteiger partial charge is 0.462 e. The summed E-state index contributed by atoms with van der Waals surface area (Å²) in [5, 5.41) is 0. The van der Waals surface area contributed by atoms with Crippen molar-refractivity contribution >= 4 is 19.8 Å². The predicted molar refractivity (Wildman–Crippen MR) is 230 cm³/mol. The first kappa shape index (κ1) is 53.8. The van der Waals surface area contributed by atoms with Crippen LogP contribution in [0.5, 0.6) is 0 Å². The van der Waals surface area contributed by atoms with E-state index < -0.39 is 32.5 Å². The number of phosphoric acid groups is 1. The maximum atomic E-state index is 12.4. The Bertz CT molecular complexity index is 904. The van der Waals surface area contributed by atoms with Crippen LogP contribution in [-0.4, -0.2) is 41.0 Å². The van der Waals surface area contributed by atoms with E-state index in [0.717, 1.165) is 32.1 Å². The average Bonchev–Trinajstić information content (AvgIpc) is 3.16. The van der Waals surface area contributed by atoms with Gasteiger partial charge in [-0.05, 0) is 32.1 Å². The van der Waals surface area contributed by atoms with Gasteiger partial charge in [0.25, 0.3) is 0 Å². The first-order chi connectivity index (χ1) is 26.8. The Labute approximate surface area is 339 Å². The normalized spacial score (nSPS) is 12.4. The summed E-state index contributed by atoms with van der Waals surface area (Å²) in [5.41, 5.74) is 0. The van der Waals surface area contributed by atoms with Gasteiger partial charge in [-0.1, -0.05) is 219 Å². The molecule has 0 aliphatic rings. The third-order valence-electron chi connectivity index (χ3n) is 10.5. The number of carbonyl (C=O) groups is 2. The summed E-state index contributed by atoms with van der Waals surface area (Å²) in [6.45, 7) is 3.70. The molecule has 55 heavy (non-hydrogen) atoms. The molecule has 0 rings (SSSR count). The van der Waals surface area contributed by atoms with Crippen molar-refractivity contribution in [1.82, 2.24) is 0 Å². The second-order valence-electron chi connectivity index (χ2n) is 16.1. The minimum atomic E-state index is -4.76. The van der Waals surface area contributed by atoms with E-state index in [-0.39, 0.29) is 19.4 Å². The van der Waals surface area contributed by atoms with Crippen LogP contribution in [0, 0.1) is 0 Å². The number of ether oxygens (including phenoxy) is 2. The van der Waals surface area contributed by atoms with E-state index in [9.17, 15) is 14.2 Å². The molecule has 0 unspecified atom stereocenters. The second-order valence-corrected chi connectivity index (χ2v) is 17.3. The molecule has 8 nitrogen and oxygen atoms in total. The zero-order valence-electron chi connectivity index (χ0n) is 36.1. The largest absolute Gasteiger partial charge is 0.469 e. The second kappa shape index (κ2) is 42.4. The van der Waals surface area contributed by atoms with Crippen molar-refractivity contribution in [2.75, 3.05) is 13.2 Å². The minimum Gasteiger partial charge on any atom is -0.462 e. The lowest BCUT2D eigenvalue weighted by molar-refractivity contribution is -0.161. The minimum absolute atomic E-state index is 0.213. The average molecular weight is 801 g/mol. The van der Waals surface area contributed by atoms with Crippen LogP contribution < -0.4 is 0 Å². The van der Waals surface area contributed by atoms with Crippen LogP contribution in [0.15, 0.2) is 12.2 Å². The van der Waals surface area contributed by atoms with E-state index in [4.69, 9.17) is 19.3 Å². The van der Waals surface area contributed by atoms with Gasteiger partial charge in [0.05, 0.1) is 6.61 Å². The van der Waals surface area contributed by atoms with Crippen LogP contribution in [-0.2, 0) is 28.2 Å². The number of esters is 2. The van der Waals surface area contributed by atoms with E-state index in [0.29, 0.717) is 12.8 Å². The molecule has 0 bridgehead atoms. The topological polar surface area (TPSA) is 119 Å². The first-order valence-electron chi connectivity index (χ1n) is 23.5. The number of hydrogen-bond donors (Lipinski definition) is 2. The standard InChI is InChI=1S/C46H89O8P/c1-3-5-7-9-11-13-15-17-19-20-21-22-23-24-25-26-27-29-30-32-34-36-38-40-45(47)52-42-44(43-53-55(49,50)51)54-46(48)41-39-37-35-33-31-28-18-16-14-12-10-8-6-4-2/h32,34,44H,3-31,33,35-43H2,1-2H3,(H2,49,50,51)/b34-32+/t44-/m1/s1. The van der Waals surface area contributed by atoms with Gasteiger partial charge >= 0.3 is 19.8 Å². The molecular weight excluding hydrogens is 711 g/mol. The summed E-state index contributed by atoms with van der Waals surface area (Å²) in [5.74, 6) is -0.907. The monoisotopic (exact) mass is 801 g/mol. The molecule has 0 fully saturated rings. The molecule has 2 N–H and O–H groups in total. The van der Waals surface area contributed by atoms with Crippen LogP contribution in [0.2, 0.25) is 0 Å². The zero-order chi connectivity index (χ0) is 40.3. The van der Waals surface area contributed by atoms with Crippen molar-refractivity contribution in [2.45, 2.75) is 258 Å². The number of hydrogen-bond acceptors (Lipinski definition) is 6. The molecule has 0 aliphatic carbocycles. The summed E-state index contributed by atoms with van der Waals surface area (Å²) in [7, 11) is -4.76. The predicted octanol–water partition coefficient (Wildman–Crippen LogP) is 14.6. The van der Waals surface area contributed by atoms with Crippen molar-refractivity contribution < 1.29 is 37.9 Å². The van der Waals surface area contributed by atoms with Gasteiger partial charge in [0, 0.05) is 12.8 Å². The van der Waals surface area contributed by atoms with Crippen molar-refractivity contribution in [2.24, 2.45) is 0 Å². The Morgan fingerprint density at radius 2 is 0.782 bits per heavy atom. The molecule has 9 heteroatoms. The Balaban J connectivity index is 3.81. The SMILES string of the molecule is CCCCCCCCCCCCCCCCCCCC/C=C/CCCC(=O)OC[C@H](COP(=O)(O)O)OC(=O)CCCCCCCCCCCCCCCC. The van der Waals surface area contributed by atoms with Gasteiger partial charge in [-0.2, -0.15) is 0 Å². The molecule has 0 saturated carbocycles. The van der Waals surface area contributed by atoms with Gasteiger partial charge in [-0.25, -0.2) is 4.57 Å². The highest BCUT2D eigenvalue weighted by molar-refractivity contribution is 7.46. The maximum Gasteiger partial charge on any atom is 0.469 e. The van der Waals surface area contributed by atoms with E-state index in [1.165, 1.54) is 180 Å².